The van der Waals surface area contributed by atoms with Gasteiger partial charge in [0.05, 0.1) is 0 Å². The van der Waals surface area contributed by atoms with E-state index in [9.17, 15) is 4.79 Å². The van der Waals surface area contributed by atoms with Crippen LogP contribution in [0, 0.1) is 5.41 Å². The summed E-state index contributed by atoms with van der Waals surface area (Å²) in [6.07, 6.45) is 7.20. The topological polar surface area (TPSA) is 29.1 Å². The number of fused-ring (bicyclic) bond motifs is 1. The lowest BCUT2D eigenvalue weighted by atomic mass is 10.0. The van der Waals surface area contributed by atoms with Crippen molar-refractivity contribution in [1.29, 1.82) is 0 Å². The maximum absolute atomic E-state index is 12.2. The third-order valence-corrected chi connectivity index (χ3v) is 4.96. The van der Waals surface area contributed by atoms with Crippen LogP contribution >= 0.6 is 15.9 Å². The SMILES string of the molecule is O=C(NCC1(CCBr)CC1)c1ccc2c(c1)CCC2. The zero-order chi connectivity index (χ0) is 13.3. The predicted octanol–water partition coefficient (Wildman–Crippen LogP) is 3.47. The van der Waals surface area contributed by atoms with Crippen LogP contribution in [0.3, 0.4) is 0 Å². The summed E-state index contributed by atoms with van der Waals surface area (Å²) < 4.78 is 0. The summed E-state index contributed by atoms with van der Waals surface area (Å²) in [6.45, 7) is 0.828. The molecule has 0 unspecified atom stereocenters. The van der Waals surface area contributed by atoms with E-state index >= 15 is 0 Å². The molecule has 2 aliphatic rings. The number of carbonyl (C=O) groups is 1. The molecular formula is C16H20BrNO. The molecule has 0 saturated heterocycles. The van der Waals surface area contributed by atoms with Gasteiger partial charge in [-0.3, -0.25) is 4.79 Å². The first kappa shape index (κ1) is 13.2. The Morgan fingerprint density at radius 1 is 1.26 bits per heavy atom. The van der Waals surface area contributed by atoms with E-state index in [-0.39, 0.29) is 5.91 Å². The van der Waals surface area contributed by atoms with Gasteiger partial charge in [0.1, 0.15) is 0 Å². The van der Waals surface area contributed by atoms with E-state index in [0.717, 1.165) is 30.3 Å². The molecule has 0 spiro atoms. The Bertz CT molecular complexity index is 494. The van der Waals surface area contributed by atoms with Crippen LogP contribution in [0.2, 0.25) is 0 Å². The first-order valence-electron chi connectivity index (χ1n) is 7.18. The van der Waals surface area contributed by atoms with Crippen molar-refractivity contribution in [3.05, 3.63) is 34.9 Å². The molecule has 2 aliphatic carbocycles. The number of rotatable bonds is 5. The molecule has 1 saturated carbocycles. The second kappa shape index (κ2) is 5.28. The van der Waals surface area contributed by atoms with Gasteiger partial charge in [0, 0.05) is 17.4 Å². The molecule has 1 aromatic rings. The van der Waals surface area contributed by atoms with Crippen LogP contribution in [0.15, 0.2) is 18.2 Å². The fourth-order valence-corrected chi connectivity index (χ4v) is 3.82. The summed E-state index contributed by atoms with van der Waals surface area (Å²) in [5.74, 6) is 0.0931. The number of hydrogen-bond donors (Lipinski definition) is 1. The van der Waals surface area contributed by atoms with Gasteiger partial charge in [-0.1, -0.05) is 22.0 Å². The number of carbonyl (C=O) groups excluding carboxylic acids is 1. The average molecular weight is 322 g/mol. The van der Waals surface area contributed by atoms with Crippen molar-refractivity contribution in [3.63, 3.8) is 0 Å². The maximum atomic E-state index is 12.2. The quantitative estimate of drug-likeness (QED) is 0.827. The van der Waals surface area contributed by atoms with Crippen molar-refractivity contribution >= 4 is 21.8 Å². The van der Waals surface area contributed by atoms with Crippen molar-refractivity contribution < 1.29 is 4.79 Å². The molecule has 1 amide bonds. The summed E-state index contributed by atoms with van der Waals surface area (Å²) in [5.41, 5.74) is 4.01. The number of halogens is 1. The van der Waals surface area contributed by atoms with Crippen LogP contribution in [0.1, 0.15) is 47.2 Å². The highest BCUT2D eigenvalue weighted by atomic mass is 79.9. The van der Waals surface area contributed by atoms with Gasteiger partial charge < -0.3 is 5.32 Å². The van der Waals surface area contributed by atoms with Gasteiger partial charge in [0.15, 0.2) is 0 Å². The summed E-state index contributed by atoms with van der Waals surface area (Å²) in [6, 6.07) is 6.19. The molecule has 102 valence electrons. The summed E-state index contributed by atoms with van der Waals surface area (Å²) >= 11 is 3.50. The molecule has 3 rings (SSSR count). The van der Waals surface area contributed by atoms with Crippen LogP contribution in [-0.2, 0) is 12.8 Å². The molecule has 1 N–H and O–H groups in total. The molecule has 0 aliphatic heterocycles. The van der Waals surface area contributed by atoms with Crippen LogP contribution in [0.4, 0.5) is 0 Å². The van der Waals surface area contributed by atoms with Crippen molar-refractivity contribution in [2.75, 3.05) is 11.9 Å². The third-order valence-electron chi connectivity index (χ3n) is 4.57. The monoisotopic (exact) mass is 321 g/mol. The van der Waals surface area contributed by atoms with E-state index in [0.29, 0.717) is 5.41 Å². The Balaban J connectivity index is 1.61. The number of hydrogen-bond acceptors (Lipinski definition) is 1. The number of nitrogens with one attached hydrogen (secondary N) is 1. The Morgan fingerprint density at radius 3 is 2.79 bits per heavy atom. The van der Waals surface area contributed by atoms with Gasteiger partial charge in [0.2, 0.25) is 0 Å². The summed E-state index contributed by atoms with van der Waals surface area (Å²) in [4.78, 5) is 12.2. The molecule has 0 bridgehead atoms. The van der Waals surface area contributed by atoms with Gasteiger partial charge >= 0.3 is 0 Å². The molecule has 1 fully saturated rings. The molecule has 0 aromatic heterocycles. The second-order valence-corrected chi connectivity index (χ2v) is 6.75. The van der Waals surface area contributed by atoms with Gasteiger partial charge in [-0.15, -0.1) is 0 Å². The van der Waals surface area contributed by atoms with E-state index in [4.69, 9.17) is 0 Å². The number of amides is 1. The minimum absolute atomic E-state index is 0.0931. The van der Waals surface area contributed by atoms with E-state index < -0.39 is 0 Å². The lowest BCUT2D eigenvalue weighted by Gasteiger charge is -2.14. The second-order valence-electron chi connectivity index (χ2n) is 5.96. The van der Waals surface area contributed by atoms with Gasteiger partial charge in [0.25, 0.3) is 5.91 Å². The normalized spacial score (nSPS) is 19.0. The van der Waals surface area contributed by atoms with Crippen LogP contribution in [0.25, 0.3) is 0 Å². The Kier molecular flexibility index (Phi) is 3.66. The maximum Gasteiger partial charge on any atom is 0.251 e. The molecule has 3 heteroatoms. The highest BCUT2D eigenvalue weighted by Gasteiger charge is 2.41. The fourth-order valence-electron chi connectivity index (χ4n) is 2.98. The largest absolute Gasteiger partial charge is 0.351 e. The molecule has 0 radical (unpaired) electrons. The summed E-state index contributed by atoms with van der Waals surface area (Å²) in [7, 11) is 0. The van der Waals surface area contributed by atoms with E-state index in [1.807, 2.05) is 6.07 Å². The molecule has 2 nitrogen and oxygen atoms in total. The predicted molar refractivity (Wildman–Crippen MR) is 80.9 cm³/mol. The standard InChI is InChI=1S/C16H20BrNO/c17-9-8-16(6-7-16)11-18-15(19)14-5-4-12-2-1-3-13(12)10-14/h4-5,10H,1-3,6-9,11H2,(H,18,19). The number of alkyl halides is 1. The first-order chi connectivity index (χ1) is 9.22. The van der Waals surface area contributed by atoms with Crippen LogP contribution in [0.5, 0.6) is 0 Å². The Morgan fingerprint density at radius 2 is 2.05 bits per heavy atom. The third kappa shape index (κ3) is 2.86. The molecule has 19 heavy (non-hydrogen) atoms. The lowest BCUT2D eigenvalue weighted by Crippen LogP contribution is -2.30. The van der Waals surface area contributed by atoms with Crippen molar-refractivity contribution in [3.8, 4) is 0 Å². The van der Waals surface area contributed by atoms with Crippen LogP contribution < -0.4 is 5.32 Å². The zero-order valence-electron chi connectivity index (χ0n) is 11.2. The van der Waals surface area contributed by atoms with Gasteiger partial charge in [-0.25, -0.2) is 0 Å². The van der Waals surface area contributed by atoms with Crippen molar-refractivity contribution in [2.24, 2.45) is 5.41 Å². The lowest BCUT2D eigenvalue weighted by molar-refractivity contribution is 0.0944. The smallest absolute Gasteiger partial charge is 0.251 e. The summed E-state index contributed by atoms with van der Waals surface area (Å²) in [5, 5.41) is 4.15. The van der Waals surface area contributed by atoms with Gasteiger partial charge in [-0.05, 0) is 67.2 Å². The van der Waals surface area contributed by atoms with E-state index in [1.165, 1.54) is 36.8 Å². The minimum atomic E-state index is 0.0931. The highest BCUT2D eigenvalue weighted by molar-refractivity contribution is 9.09. The minimum Gasteiger partial charge on any atom is -0.351 e. The molecular weight excluding hydrogens is 302 g/mol. The van der Waals surface area contributed by atoms with Gasteiger partial charge in [-0.2, -0.15) is 0 Å². The first-order valence-corrected chi connectivity index (χ1v) is 8.31. The van der Waals surface area contributed by atoms with Crippen molar-refractivity contribution in [1.82, 2.24) is 5.32 Å². The number of aryl methyl sites for hydroxylation is 2. The van der Waals surface area contributed by atoms with E-state index in [1.54, 1.807) is 0 Å². The molecule has 0 atom stereocenters. The van der Waals surface area contributed by atoms with E-state index in [2.05, 4.69) is 33.4 Å². The highest BCUT2D eigenvalue weighted by Crippen LogP contribution is 2.48. The fraction of sp³-hybridized carbons (Fsp3) is 0.562. The Hall–Kier alpha value is -0.830. The van der Waals surface area contributed by atoms with Crippen molar-refractivity contribution in [2.45, 2.75) is 38.5 Å². The van der Waals surface area contributed by atoms with Crippen LogP contribution in [-0.4, -0.2) is 17.8 Å². The molecule has 1 aromatic carbocycles. The zero-order valence-corrected chi connectivity index (χ0v) is 12.8. The molecule has 0 heterocycles. The average Bonchev–Trinajstić information content (AvgIpc) is 3.02. The number of benzene rings is 1. The Labute approximate surface area is 123 Å².